The zero-order valence-electron chi connectivity index (χ0n) is 14.8. The zero-order valence-corrected chi connectivity index (χ0v) is 17.2. The molecule has 0 saturated carbocycles. The largest absolute Gasteiger partial charge is 0.375 e. The number of halogens is 3. The van der Waals surface area contributed by atoms with Crippen LogP contribution in [0.4, 0.5) is 8.78 Å². The lowest BCUT2D eigenvalue weighted by Gasteiger charge is -2.18. The maximum Gasteiger partial charge on any atom is 0.191 e. The lowest BCUT2D eigenvalue weighted by Crippen LogP contribution is -2.39. The van der Waals surface area contributed by atoms with E-state index in [1.165, 1.54) is 24.3 Å². The lowest BCUT2D eigenvalue weighted by molar-refractivity contribution is 0.106. The number of guanidine groups is 1. The summed E-state index contributed by atoms with van der Waals surface area (Å²) in [5.41, 5.74) is 1.80. The fraction of sp³-hybridized carbons (Fsp3) is 0.316. The summed E-state index contributed by atoms with van der Waals surface area (Å²) in [6.45, 7) is 3.60. The van der Waals surface area contributed by atoms with E-state index >= 15 is 0 Å². The van der Waals surface area contributed by atoms with Crippen LogP contribution in [0.3, 0.4) is 0 Å². The Hall–Kier alpha value is -1.74. The molecule has 0 heterocycles. The van der Waals surface area contributed by atoms with Crippen LogP contribution in [-0.2, 0) is 11.3 Å². The van der Waals surface area contributed by atoms with Gasteiger partial charge < -0.3 is 15.4 Å². The molecule has 0 fully saturated rings. The monoisotopic (exact) mass is 475 g/mol. The maximum absolute atomic E-state index is 13.0. The van der Waals surface area contributed by atoms with Crippen molar-refractivity contribution < 1.29 is 13.5 Å². The molecule has 0 aromatic heterocycles. The molecule has 4 nitrogen and oxygen atoms in total. The lowest BCUT2D eigenvalue weighted by atomic mass is 10.1. The second kappa shape index (κ2) is 11.8. The van der Waals surface area contributed by atoms with Crippen LogP contribution in [0.1, 0.15) is 24.2 Å². The quantitative estimate of drug-likeness (QED) is 0.361. The summed E-state index contributed by atoms with van der Waals surface area (Å²) in [4.78, 5) is 4.48. The predicted octanol–water partition coefficient (Wildman–Crippen LogP) is 4.03. The number of nitrogens with one attached hydrogen (secondary N) is 2. The average Bonchev–Trinajstić information content (AvgIpc) is 2.62. The molecule has 0 radical (unpaired) electrons. The first-order chi connectivity index (χ1) is 12.1. The van der Waals surface area contributed by atoms with E-state index in [1.807, 2.05) is 6.92 Å². The molecular weight excluding hydrogens is 451 g/mol. The molecule has 0 spiro atoms. The minimum absolute atomic E-state index is 0. The first-order valence-electron chi connectivity index (χ1n) is 8.17. The van der Waals surface area contributed by atoms with E-state index in [-0.39, 0.29) is 41.7 Å². The normalized spacial score (nSPS) is 12.2. The van der Waals surface area contributed by atoms with Gasteiger partial charge in [0, 0.05) is 20.2 Å². The third-order valence-electron chi connectivity index (χ3n) is 3.66. The summed E-state index contributed by atoms with van der Waals surface area (Å²) in [6, 6.07) is 12.5. The van der Waals surface area contributed by atoms with E-state index in [0.717, 1.165) is 11.1 Å². The Balaban J connectivity index is 0.00000338. The van der Waals surface area contributed by atoms with Crippen molar-refractivity contribution in [1.29, 1.82) is 0 Å². The number of nitrogens with zero attached hydrogens (tertiary/aromatic N) is 1. The van der Waals surface area contributed by atoms with Crippen LogP contribution >= 0.6 is 24.0 Å². The van der Waals surface area contributed by atoms with Crippen LogP contribution in [0.2, 0.25) is 0 Å². The number of hydrogen-bond donors (Lipinski definition) is 2. The fourth-order valence-electron chi connectivity index (χ4n) is 2.31. The number of methoxy groups -OCH3 is 1. The Morgan fingerprint density at radius 1 is 1.00 bits per heavy atom. The highest BCUT2D eigenvalue weighted by molar-refractivity contribution is 14.0. The van der Waals surface area contributed by atoms with Crippen molar-refractivity contribution in [2.75, 3.05) is 20.2 Å². The van der Waals surface area contributed by atoms with Gasteiger partial charge in [-0.2, -0.15) is 0 Å². The van der Waals surface area contributed by atoms with E-state index < -0.39 is 0 Å². The summed E-state index contributed by atoms with van der Waals surface area (Å²) < 4.78 is 31.5. The topological polar surface area (TPSA) is 45.7 Å². The number of rotatable bonds is 7. The Morgan fingerprint density at radius 2 is 1.58 bits per heavy atom. The molecular formula is C19H24F2IN3O. The van der Waals surface area contributed by atoms with Crippen molar-refractivity contribution in [2.45, 2.75) is 19.6 Å². The van der Waals surface area contributed by atoms with Crippen molar-refractivity contribution in [3.05, 3.63) is 71.3 Å². The van der Waals surface area contributed by atoms with Crippen molar-refractivity contribution in [3.63, 3.8) is 0 Å². The van der Waals surface area contributed by atoms with Gasteiger partial charge in [0.25, 0.3) is 0 Å². The SMILES string of the molecule is CCNC(=NCc1ccc(F)cc1)NCC(OC)c1ccc(F)cc1.I. The molecule has 0 amide bonds. The zero-order chi connectivity index (χ0) is 18.1. The van der Waals surface area contributed by atoms with Gasteiger partial charge in [-0.25, -0.2) is 13.8 Å². The second-order valence-corrected chi connectivity index (χ2v) is 5.48. The van der Waals surface area contributed by atoms with Crippen LogP contribution in [0.5, 0.6) is 0 Å². The molecule has 2 aromatic carbocycles. The Kier molecular flexibility index (Phi) is 10.1. The molecule has 2 rings (SSSR count). The van der Waals surface area contributed by atoms with Gasteiger partial charge in [-0.1, -0.05) is 24.3 Å². The van der Waals surface area contributed by atoms with Crippen molar-refractivity contribution in [3.8, 4) is 0 Å². The van der Waals surface area contributed by atoms with E-state index in [4.69, 9.17) is 4.74 Å². The molecule has 26 heavy (non-hydrogen) atoms. The molecule has 0 aliphatic heterocycles. The van der Waals surface area contributed by atoms with Gasteiger partial charge in [-0.3, -0.25) is 0 Å². The number of benzene rings is 2. The minimum atomic E-state index is -0.277. The van der Waals surface area contributed by atoms with E-state index in [9.17, 15) is 8.78 Å². The Labute approximate surface area is 170 Å². The molecule has 7 heteroatoms. The van der Waals surface area contributed by atoms with Crippen LogP contribution in [0.25, 0.3) is 0 Å². The summed E-state index contributed by atoms with van der Waals surface area (Å²) in [7, 11) is 1.61. The van der Waals surface area contributed by atoms with Gasteiger partial charge in [-0.15, -0.1) is 24.0 Å². The van der Waals surface area contributed by atoms with Crippen molar-refractivity contribution in [1.82, 2.24) is 10.6 Å². The van der Waals surface area contributed by atoms with Gasteiger partial charge in [-0.05, 0) is 42.3 Å². The molecule has 2 aromatic rings. The first-order valence-corrected chi connectivity index (χ1v) is 8.17. The smallest absolute Gasteiger partial charge is 0.191 e. The van der Waals surface area contributed by atoms with Crippen LogP contribution in [0.15, 0.2) is 53.5 Å². The third kappa shape index (κ3) is 7.25. The predicted molar refractivity (Wildman–Crippen MR) is 111 cm³/mol. The molecule has 142 valence electrons. The van der Waals surface area contributed by atoms with Gasteiger partial charge in [0.05, 0.1) is 12.6 Å². The standard InChI is InChI=1S/C19H23F2N3O.HI/c1-3-22-19(23-12-14-4-8-16(20)9-5-14)24-13-18(25-2)15-6-10-17(21)11-7-15;/h4-11,18H,3,12-13H2,1-2H3,(H2,22,23,24);1H. The molecule has 0 aliphatic rings. The summed E-state index contributed by atoms with van der Waals surface area (Å²) in [5, 5.41) is 6.37. The van der Waals surface area contributed by atoms with Gasteiger partial charge in [0.1, 0.15) is 11.6 Å². The van der Waals surface area contributed by atoms with Gasteiger partial charge >= 0.3 is 0 Å². The van der Waals surface area contributed by atoms with E-state index in [1.54, 1.807) is 31.4 Å². The molecule has 1 unspecified atom stereocenters. The van der Waals surface area contributed by atoms with E-state index in [0.29, 0.717) is 25.6 Å². The number of hydrogen-bond acceptors (Lipinski definition) is 2. The average molecular weight is 475 g/mol. The molecule has 1 atom stereocenters. The summed E-state index contributed by atoms with van der Waals surface area (Å²) in [6.07, 6.45) is -0.227. The molecule has 0 bridgehead atoms. The first kappa shape index (κ1) is 22.3. The molecule has 2 N–H and O–H groups in total. The van der Waals surface area contributed by atoms with E-state index in [2.05, 4.69) is 15.6 Å². The summed E-state index contributed by atoms with van der Waals surface area (Å²) in [5.74, 6) is 0.0942. The minimum Gasteiger partial charge on any atom is -0.375 e. The van der Waals surface area contributed by atoms with Gasteiger partial charge in [0.2, 0.25) is 0 Å². The number of aliphatic imine (C=N–C) groups is 1. The number of ether oxygens (including phenoxy) is 1. The maximum atomic E-state index is 13.0. The highest BCUT2D eigenvalue weighted by Crippen LogP contribution is 2.16. The second-order valence-electron chi connectivity index (χ2n) is 5.48. The summed E-state index contributed by atoms with van der Waals surface area (Å²) >= 11 is 0. The molecule has 0 saturated heterocycles. The van der Waals surface area contributed by atoms with Crippen LogP contribution in [0, 0.1) is 11.6 Å². The Morgan fingerprint density at radius 3 is 2.12 bits per heavy atom. The molecule has 0 aliphatic carbocycles. The highest BCUT2D eigenvalue weighted by atomic mass is 127. The van der Waals surface area contributed by atoms with Crippen LogP contribution < -0.4 is 10.6 Å². The van der Waals surface area contributed by atoms with Crippen molar-refractivity contribution >= 4 is 29.9 Å². The highest BCUT2D eigenvalue weighted by Gasteiger charge is 2.11. The van der Waals surface area contributed by atoms with Gasteiger partial charge in [0.15, 0.2) is 5.96 Å². The fourth-order valence-corrected chi connectivity index (χ4v) is 2.31. The third-order valence-corrected chi connectivity index (χ3v) is 3.66. The van der Waals surface area contributed by atoms with Crippen molar-refractivity contribution in [2.24, 2.45) is 4.99 Å². The Bertz CT molecular complexity index is 678. The van der Waals surface area contributed by atoms with Crippen LogP contribution in [-0.4, -0.2) is 26.2 Å².